The van der Waals surface area contributed by atoms with Crippen LogP contribution in [0, 0.1) is 5.82 Å². The van der Waals surface area contributed by atoms with Gasteiger partial charge in [-0.05, 0) is 19.1 Å². The highest BCUT2D eigenvalue weighted by atomic mass is 19.1. The number of ether oxygens (including phenoxy) is 1. The van der Waals surface area contributed by atoms with E-state index < -0.39 is 5.82 Å². The Labute approximate surface area is 70.0 Å². The maximum Gasteiger partial charge on any atom is 0.153 e. The first-order valence-electron chi connectivity index (χ1n) is 3.65. The molecule has 0 saturated heterocycles. The highest BCUT2D eigenvalue weighted by Gasteiger charge is 2.02. The number of rotatable bonds is 3. The fourth-order valence-electron chi connectivity index (χ4n) is 0.886. The zero-order valence-electron chi connectivity index (χ0n) is 6.71. The molecular weight excluding hydrogens is 159 g/mol. The van der Waals surface area contributed by atoms with Gasteiger partial charge >= 0.3 is 0 Å². The van der Waals surface area contributed by atoms with Crippen LogP contribution in [0.15, 0.2) is 18.2 Å². The summed E-state index contributed by atoms with van der Waals surface area (Å²) in [5.74, 6) is -0.100. The lowest BCUT2D eigenvalue weighted by atomic mass is 10.2. The van der Waals surface area contributed by atoms with Gasteiger partial charge in [0.2, 0.25) is 0 Å². The summed E-state index contributed by atoms with van der Waals surface area (Å²) in [5, 5.41) is 0. The Hall–Kier alpha value is -1.38. The lowest BCUT2D eigenvalue weighted by molar-refractivity contribution is 0.112. The van der Waals surface area contributed by atoms with Crippen LogP contribution in [-0.2, 0) is 0 Å². The number of hydrogen-bond donors (Lipinski definition) is 0. The van der Waals surface area contributed by atoms with Crippen LogP contribution in [0.3, 0.4) is 0 Å². The highest BCUT2D eigenvalue weighted by Crippen LogP contribution is 2.17. The summed E-state index contributed by atoms with van der Waals surface area (Å²) in [5.41, 5.74) is 0.373. The minimum Gasteiger partial charge on any atom is -0.493 e. The Bertz CT molecular complexity index is 284. The number of halogens is 1. The van der Waals surface area contributed by atoms with E-state index in [0.717, 1.165) is 0 Å². The van der Waals surface area contributed by atoms with Gasteiger partial charge in [-0.25, -0.2) is 4.39 Å². The van der Waals surface area contributed by atoms with E-state index in [1.165, 1.54) is 18.2 Å². The van der Waals surface area contributed by atoms with Crippen LogP contribution in [0.5, 0.6) is 5.75 Å². The second kappa shape index (κ2) is 3.85. The summed E-state index contributed by atoms with van der Waals surface area (Å²) in [6.45, 7) is 2.20. The minimum absolute atomic E-state index is 0.299. The van der Waals surface area contributed by atoms with Gasteiger partial charge in [-0.15, -0.1) is 0 Å². The van der Waals surface area contributed by atoms with Gasteiger partial charge in [0.1, 0.15) is 11.6 Å². The molecule has 0 amide bonds. The molecule has 0 radical (unpaired) electrons. The van der Waals surface area contributed by atoms with Gasteiger partial charge in [0, 0.05) is 6.07 Å². The third-order valence-corrected chi connectivity index (χ3v) is 1.40. The van der Waals surface area contributed by atoms with Crippen molar-refractivity contribution < 1.29 is 13.9 Å². The van der Waals surface area contributed by atoms with Gasteiger partial charge < -0.3 is 4.74 Å². The zero-order chi connectivity index (χ0) is 8.97. The maximum absolute atomic E-state index is 12.6. The standard InChI is InChI=1S/C9H9FO2/c1-2-12-9-5-8(10)4-3-7(9)6-11/h3-6H,2H2,1H3. The summed E-state index contributed by atoms with van der Waals surface area (Å²) in [6.07, 6.45) is 0.643. The Morgan fingerprint density at radius 3 is 2.92 bits per heavy atom. The summed E-state index contributed by atoms with van der Waals surface area (Å²) in [4.78, 5) is 10.4. The second-order valence-corrected chi connectivity index (χ2v) is 2.23. The predicted molar refractivity (Wildman–Crippen MR) is 43.0 cm³/mol. The van der Waals surface area contributed by atoms with Crippen LogP contribution < -0.4 is 4.74 Å². The van der Waals surface area contributed by atoms with Gasteiger partial charge in [-0.1, -0.05) is 0 Å². The lowest BCUT2D eigenvalue weighted by Gasteiger charge is -2.04. The Balaban J connectivity index is 3.03. The number of benzene rings is 1. The molecule has 0 fully saturated rings. The Morgan fingerprint density at radius 1 is 1.58 bits per heavy atom. The Kier molecular flexibility index (Phi) is 2.80. The average Bonchev–Trinajstić information content (AvgIpc) is 2.05. The predicted octanol–water partition coefficient (Wildman–Crippen LogP) is 2.04. The monoisotopic (exact) mass is 168 g/mol. The molecule has 2 nitrogen and oxygen atoms in total. The van der Waals surface area contributed by atoms with E-state index in [0.29, 0.717) is 24.2 Å². The average molecular weight is 168 g/mol. The molecule has 0 N–H and O–H groups in total. The molecule has 0 unspecified atom stereocenters. The van der Waals surface area contributed by atoms with E-state index in [9.17, 15) is 9.18 Å². The molecule has 0 aliphatic rings. The van der Waals surface area contributed by atoms with E-state index in [4.69, 9.17) is 4.74 Å². The van der Waals surface area contributed by atoms with Crippen LogP contribution in [0.2, 0.25) is 0 Å². The molecule has 0 aliphatic carbocycles. The molecule has 1 rings (SSSR count). The first-order valence-corrected chi connectivity index (χ1v) is 3.65. The summed E-state index contributed by atoms with van der Waals surface area (Å²) in [6, 6.07) is 3.83. The molecule has 0 aromatic heterocycles. The minimum atomic E-state index is -0.399. The summed E-state index contributed by atoms with van der Waals surface area (Å²) in [7, 11) is 0. The topological polar surface area (TPSA) is 26.3 Å². The number of aldehydes is 1. The normalized spacial score (nSPS) is 9.50. The molecule has 0 saturated carbocycles. The van der Waals surface area contributed by atoms with Gasteiger partial charge in [0.15, 0.2) is 6.29 Å². The molecule has 1 aromatic rings. The number of carbonyl (C=O) groups excluding carboxylic acids is 1. The van der Waals surface area contributed by atoms with Gasteiger partial charge in [0.05, 0.1) is 12.2 Å². The molecule has 64 valence electrons. The van der Waals surface area contributed by atoms with Crippen LogP contribution in [0.25, 0.3) is 0 Å². The van der Waals surface area contributed by atoms with Crippen molar-refractivity contribution in [3.63, 3.8) is 0 Å². The van der Waals surface area contributed by atoms with Gasteiger partial charge in [-0.2, -0.15) is 0 Å². The van der Waals surface area contributed by atoms with Crippen molar-refractivity contribution in [2.45, 2.75) is 6.92 Å². The van der Waals surface area contributed by atoms with Crippen molar-refractivity contribution in [1.29, 1.82) is 0 Å². The van der Waals surface area contributed by atoms with Crippen molar-refractivity contribution >= 4 is 6.29 Å². The van der Waals surface area contributed by atoms with Crippen molar-refractivity contribution in [3.05, 3.63) is 29.6 Å². The number of hydrogen-bond acceptors (Lipinski definition) is 2. The van der Waals surface area contributed by atoms with Crippen LogP contribution in [-0.4, -0.2) is 12.9 Å². The van der Waals surface area contributed by atoms with Crippen molar-refractivity contribution in [3.8, 4) is 5.75 Å². The van der Waals surface area contributed by atoms with E-state index in [1.54, 1.807) is 6.92 Å². The summed E-state index contributed by atoms with van der Waals surface area (Å²) < 4.78 is 17.6. The molecule has 0 bridgehead atoms. The quantitative estimate of drug-likeness (QED) is 0.645. The summed E-state index contributed by atoms with van der Waals surface area (Å²) >= 11 is 0. The van der Waals surface area contributed by atoms with Crippen molar-refractivity contribution in [1.82, 2.24) is 0 Å². The molecule has 0 heterocycles. The fraction of sp³-hybridized carbons (Fsp3) is 0.222. The van der Waals surface area contributed by atoms with Crippen molar-refractivity contribution in [2.24, 2.45) is 0 Å². The second-order valence-electron chi connectivity index (χ2n) is 2.23. The lowest BCUT2D eigenvalue weighted by Crippen LogP contribution is -1.96. The van der Waals surface area contributed by atoms with Crippen LogP contribution in [0.4, 0.5) is 4.39 Å². The van der Waals surface area contributed by atoms with E-state index in [-0.39, 0.29) is 0 Å². The largest absolute Gasteiger partial charge is 0.493 e. The van der Waals surface area contributed by atoms with Crippen LogP contribution in [0.1, 0.15) is 17.3 Å². The van der Waals surface area contributed by atoms with Crippen molar-refractivity contribution in [2.75, 3.05) is 6.61 Å². The van der Waals surface area contributed by atoms with E-state index in [2.05, 4.69) is 0 Å². The number of carbonyl (C=O) groups is 1. The zero-order valence-corrected chi connectivity index (χ0v) is 6.71. The van der Waals surface area contributed by atoms with E-state index in [1.807, 2.05) is 0 Å². The molecule has 0 aliphatic heterocycles. The first kappa shape index (κ1) is 8.71. The van der Waals surface area contributed by atoms with Crippen LogP contribution >= 0.6 is 0 Å². The SMILES string of the molecule is CCOc1cc(F)ccc1C=O. The molecule has 0 spiro atoms. The molecule has 1 aromatic carbocycles. The van der Waals surface area contributed by atoms with Gasteiger partial charge in [0.25, 0.3) is 0 Å². The molecule has 3 heteroatoms. The smallest absolute Gasteiger partial charge is 0.153 e. The highest BCUT2D eigenvalue weighted by molar-refractivity contribution is 5.79. The van der Waals surface area contributed by atoms with Gasteiger partial charge in [-0.3, -0.25) is 4.79 Å². The molecular formula is C9H9FO2. The first-order chi connectivity index (χ1) is 5.77. The van der Waals surface area contributed by atoms with E-state index >= 15 is 0 Å². The third kappa shape index (κ3) is 1.81. The third-order valence-electron chi connectivity index (χ3n) is 1.40. The Morgan fingerprint density at radius 2 is 2.33 bits per heavy atom. The maximum atomic E-state index is 12.6. The molecule has 0 atom stereocenters. The fourth-order valence-corrected chi connectivity index (χ4v) is 0.886. The molecule has 12 heavy (non-hydrogen) atoms.